The normalized spacial score (nSPS) is 23.4. The summed E-state index contributed by atoms with van der Waals surface area (Å²) in [5.74, 6) is -0.0381. The van der Waals surface area contributed by atoms with Gasteiger partial charge in [0.15, 0.2) is 11.4 Å². The Morgan fingerprint density at radius 2 is 1.85 bits per heavy atom. The molecule has 2 bridgehead atoms. The number of amides is 2. The van der Waals surface area contributed by atoms with Crippen LogP contribution in [-0.4, -0.2) is 90.6 Å². The van der Waals surface area contributed by atoms with Gasteiger partial charge >= 0.3 is 0 Å². The molecule has 10 rings (SSSR count). The smallest absolute Gasteiger partial charge is 0.254 e. The van der Waals surface area contributed by atoms with Gasteiger partial charge in [-0.05, 0) is 91.9 Å². The Kier molecular flexibility index (Phi) is 10.5. The molecule has 5 N–H and O–H groups in total. The Labute approximate surface area is 358 Å². The molecular weight excluding hydrogens is 793 g/mol. The number of carbonyl (C=O) groups is 2. The van der Waals surface area contributed by atoms with Crippen molar-refractivity contribution in [1.82, 2.24) is 40.9 Å². The van der Waals surface area contributed by atoms with Gasteiger partial charge in [0.05, 0.1) is 33.9 Å². The highest BCUT2D eigenvalue weighted by atomic mass is 32.1. The van der Waals surface area contributed by atoms with Gasteiger partial charge in [0.2, 0.25) is 11.8 Å². The van der Waals surface area contributed by atoms with Gasteiger partial charge in [-0.3, -0.25) is 9.59 Å². The van der Waals surface area contributed by atoms with Gasteiger partial charge in [-0.15, -0.1) is 21.5 Å². The van der Waals surface area contributed by atoms with Crippen LogP contribution in [0.3, 0.4) is 0 Å². The van der Waals surface area contributed by atoms with Gasteiger partial charge in [0, 0.05) is 54.2 Å². The zero-order valence-electron chi connectivity index (χ0n) is 35.1. The highest BCUT2D eigenvalue weighted by molar-refractivity contribution is 7.13. The minimum absolute atomic E-state index is 0.0421. The molecule has 2 aromatic carbocycles. The number of carbonyl (C=O) groups excluding carboxylic acids is 2. The number of thiazole rings is 1. The van der Waals surface area contributed by atoms with E-state index in [4.69, 9.17) is 9.26 Å². The molecule has 318 valence electrons. The molecule has 0 radical (unpaired) electrons. The molecule has 1 saturated heterocycles. The van der Waals surface area contributed by atoms with E-state index in [0.29, 0.717) is 30.2 Å². The Morgan fingerprint density at radius 3 is 2.57 bits per heavy atom. The number of phenols is 1. The standard InChI is InChI=1S/C46H52N8O6S/c1-26(2)44(5,43(58)54-20-32(55)18-35(54)42(57)49-27(3)29-10-12-30(13-11-29)40-28(4)48-25-61-40)38-19-39(53-60-38)59-15-14-47-24-45-21-46(22-45,23-45)37-17-31-16-34(51-52-41(31)50-37)33-8-6-7-9-36(33)56/h6-13,16-17,19,25-27,32,35,47,55-56H,14-15,18,20-24H2,1-5H3,(H,49,57)(H,50,52)/t27-,32+,35?,44-,45?,46?/m0/s1. The molecule has 14 nitrogen and oxygen atoms in total. The fourth-order valence-electron chi connectivity index (χ4n) is 9.78. The van der Waals surface area contributed by atoms with Crippen LogP contribution in [0.15, 0.2) is 76.8 Å². The van der Waals surface area contributed by atoms with E-state index in [9.17, 15) is 19.8 Å². The van der Waals surface area contributed by atoms with Crippen LogP contribution in [0, 0.1) is 18.3 Å². The average molecular weight is 845 g/mol. The Hall–Kier alpha value is -5.64. The summed E-state index contributed by atoms with van der Waals surface area (Å²) in [5, 5.41) is 41.6. The number of rotatable bonds is 15. The Balaban J connectivity index is 0.765. The number of benzene rings is 2. The third kappa shape index (κ3) is 7.35. The number of fused-ring (bicyclic) bond motifs is 1. The monoisotopic (exact) mass is 844 g/mol. The molecule has 6 aromatic rings. The van der Waals surface area contributed by atoms with E-state index in [1.54, 1.807) is 36.5 Å². The van der Waals surface area contributed by atoms with Crippen LogP contribution in [0.1, 0.15) is 82.1 Å². The molecule has 61 heavy (non-hydrogen) atoms. The minimum Gasteiger partial charge on any atom is -0.507 e. The van der Waals surface area contributed by atoms with Crippen LogP contribution in [0.5, 0.6) is 11.6 Å². The molecule has 3 saturated carbocycles. The largest absolute Gasteiger partial charge is 0.507 e. The van der Waals surface area contributed by atoms with Crippen molar-refractivity contribution in [2.75, 3.05) is 26.2 Å². The molecule has 4 fully saturated rings. The number of phenolic OH excluding ortho intramolecular Hbond substituents is 1. The summed E-state index contributed by atoms with van der Waals surface area (Å²) in [6.45, 7) is 11.5. The van der Waals surface area contributed by atoms with E-state index < -0.39 is 17.6 Å². The predicted octanol–water partition coefficient (Wildman–Crippen LogP) is 6.59. The summed E-state index contributed by atoms with van der Waals surface area (Å²) < 4.78 is 11.8. The summed E-state index contributed by atoms with van der Waals surface area (Å²) in [6, 6.07) is 19.9. The summed E-state index contributed by atoms with van der Waals surface area (Å²) in [5.41, 5.74) is 7.29. The summed E-state index contributed by atoms with van der Waals surface area (Å²) in [6.07, 6.45) is 2.58. The molecule has 5 heterocycles. The van der Waals surface area contributed by atoms with E-state index in [1.165, 1.54) is 10.6 Å². The number of aliphatic hydroxyl groups is 1. The maximum Gasteiger partial charge on any atom is 0.254 e. The number of aromatic nitrogens is 5. The topological polar surface area (TPSA) is 192 Å². The molecule has 15 heteroatoms. The minimum atomic E-state index is -1.17. The number of aromatic hydroxyl groups is 1. The number of aliphatic hydroxyl groups excluding tert-OH is 1. The lowest BCUT2D eigenvalue weighted by atomic mass is 9.34. The SMILES string of the molecule is Cc1ncsc1-c1ccc([C@H](C)NC(=O)C2C[C@@H](O)CN2C(=O)[C@](C)(c2cc(OCCNCC34CC(c5cc6cc(-c7ccccc7O)nnc6[nH]5)(C3)C4)no2)C(C)C)cc1. The van der Waals surface area contributed by atoms with Crippen LogP contribution >= 0.6 is 11.3 Å². The second-order valence-electron chi connectivity index (χ2n) is 17.9. The number of nitrogens with one attached hydrogen (secondary N) is 3. The van der Waals surface area contributed by atoms with Crippen LogP contribution in [0.4, 0.5) is 0 Å². The van der Waals surface area contributed by atoms with Crippen molar-refractivity contribution in [2.24, 2.45) is 11.3 Å². The lowest BCUT2D eigenvalue weighted by Crippen LogP contribution is -2.68. The first kappa shape index (κ1) is 40.7. The van der Waals surface area contributed by atoms with Crippen molar-refractivity contribution in [3.8, 4) is 33.3 Å². The van der Waals surface area contributed by atoms with Gasteiger partial charge in [0.1, 0.15) is 23.8 Å². The number of H-pyrrole nitrogens is 1. The van der Waals surface area contributed by atoms with Gasteiger partial charge in [0.25, 0.3) is 5.88 Å². The lowest BCUT2D eigenvalue weighted by Gasteiger charge is -2.70. The van der Waals surface area contributed by atoms with Crippen LogP contribution in [0.25, 0.3) is 32.7 Å². The van der Waals surface area contributed by atoms with E-state index in [0.717, 1.165) is 58.5 Å². The van der Waals surface area contributed by atoms with E-state index >= 15 is 0 Å². The number of ether oxygens (including phenoxy) is 1. The van der Waals surface area contributed by atoms with Crippen molar-refractivity contribution in [3.05, 3.63) is 95.0 Å². The van der Waals surface area contributed by atoms with Crippen molar-refractivity contribution in [3.63, 3.8) is 0 Å². The number of hydrogen-bond donors (Lipinski definition) is 5. The number of para-hydroxylation sites is 1. The van der Waals surface area contributed by atoms with E-state index in [1.807, 2.05) is 75.7 Å². The number of aryl methyl sites for hydroxylation is 1. The molecular formula is C46H52N8O6S. The second kappa shape index (κ2) is 15.7. The predicted molar refractivity (Wildman–Crippen MR) is 231 cm³/mol. The molecule has 2 amide bonds. The highest BCUT2D eigenvalue weighted by Crippen LogP contribution is 2.73. The van der Waals surface area contributed by atoms with Gasteiger partial charge < -0.3 is 40.0 Å². The number of β-amino-alcohol motifs (C(OH)–C–C–N with tert-alkyl or cyclic N) is 1. The zero-order chi connectivity index (χ0) is 42.7. The zero-order valence-corrected chi connectivity index (χ0v) is 35.9. The third-order valence-electron chi connectivity index (χ3n) is 13.5. The summed E-state index contributed by atoms with van der Waals surface area (Å²) in [4.78, 5) is 38.7. The molecule has 3 aliphatic carbocycles. The fraction of sp³-hybridized carbons (Fsp3) is 0.435. The second-order valence-corrected chi connectivity index (χ2v) is 18.8. The van der Waals surface area contributed by atoms with Crippen molar-refractivity contribution < 1.29 is 29.1 Å². The molecule has 4 aromatic heterocycles. The van der Waals surface area contributed by atoms with Gasteiger partial charge in [-0.2, -0.15) is 0 Å². The van der Waals surface area contributed by atoms with Crippen molar-refractivity contribution in [2.45, 2.75) is 89.3 Å². The first-order chi connectivity index (χ1) is 29.3. The summed E-state index contributed by atoms with van der Waals surface area (Å²) in [7, 11) is 0. The molecule has 0 spiro atoms. The number of nitrogens with zero attached hydrogens (tertiary/aromatic N) is 5. The van der Waals surface area contributed by atoms with Crippen LogP contribution < -0.4 is 15.4 Å². The number of hydrogen-bond acceptors (Lipinski definition) is 12. The first-order valence-electron chi connectivity index (χ1n) is 21.0. The van der Waals surface area contributed by atoms with Crippen molar-refractivity contribution >= 4 is 34.2 Å². The maximum atomic E-state index is 14.5. The van der Waals surface area contributed by atoms with E-state index in [-0.39, 0.29) is 59.2 Å². The molecule has 4 atom stereocenters. The van der Waals surface area contributed by atoms with E-state index in [2.05, 4.69) is 42.0 Å². The maximum absolute atomic E-state index is 14.5. The molecule has 4 aliphatic rings. The number of likely N-dealkylation sites (tertiary alicyclic amines) is 1. The Morgan fingerprint density at radius 1 is 1.08 bits per heavy atom. The quantitative estimate of drug-likeness (QED) is 0.0701. The fourth-order valence-corrected chi connectivity index (χ4v) is 10.6. The number of aromatic amines is 1. The average Bonchev–Trinajstić information content (AvgIpc) is 4.04. The summed E-state index contributed by atoms with van der Waals surface area (Å²) >= 11 is 1.59. The Bertz CT molecular complexity index is 2560. The highest BCUT2D eigenvalue weighted by Gasteiger charge is 2.68. The van der Waals surface area contributed by atoms with Crippen LogP contribution in [0.2, 0.25) is 0 Å². The van der Waals surface area contributed by atoms with Gasteiger partial charge in [-0.25, -0.2) is 4.98 Å². The van der Waals surface area contributed by atoms with Crippen molar-refractivity contribution in [1.29, 1.82) is 0 Å². The molecule has 1 aliphatic heterocycles. The van der Waals surface area contributed by atoms with Gasteiger partial charge in [-0.1, -0.05) is 50.2 Å². The molecule has 1 unspecified atom stereocenters. The van der Waals surface area contributed by atoms with Crippen LogP contribution in [-0.2, 0) is 20.4 Å². The first-order valence-corrected chi connectivity index (χ1v) is 21.9. The third-order valence-corrected chi connectivity index (χ3v) is 14.5. The lowest BCUT2D eigenvalue weighted by molar-refractivity contribution is -0.145.